The lowest BCUT2D eigenvalue weighted by atomic mass is 9.99. The standard InChI is InChI=1S/C30H43N6O16P/c1-12(21-13(2)33-26-22(34-21)27(44)36-30(31)35-26)32-15-5-3-14(4-6-15)9-16(37)23(41)17(38)10-49-29-25(43)24(42)19(51-29)11-50-53(47,48)52-18(28(45)46)7-8-20(39)40/h3-6,12-13,16-19,21,23-25,29,32,37-38,41-43H,7-11H2,1-2H3,(H,39,40)(H,45,46)(H,47,48)(H3,31,33,35,36,44)/t12-,13+,16+,17-,18-,19-,21+,23-,24-,25-,29+/m1/s1. The van der Waals surface area contributed by atoms with Gasteiger partial charge in [-0.15, -0.1) is 0 Å². The van der Waals surface area contributed by atoms with Crippen LogP contribution in [0.15, 0.2) is 39.0 Å². The van der Waals surface area contributed by atoms with Gasteiger partial charge in [0.25, 0.3) is 5.56 Å². The Bertz CT molecular complexity index is 1820. The number of nitrogens with one attached hydrogen (secondary N) is 2. The minimum Gasteiger partial charge on any atom is -0.481 e. The number of carbonyl (C=O) groups is 2. The number of hydrogen-bond acceptors (Lipinski definition) is 18. The molecule has 0 aliphatic carbocycles. The fourth-order valence-electron chi connectivity index (χ4n) is 5.55. The topological polar surface area (TPSA) is 358 Å². The lowest BCUT2D eigenvalue weighted by Crippen LogP contribution is -2.52. The van der Waals surface area contributed by atoms with Crippen molar-refractivity contribution in [2.24, 2.45) is 9.98 Å². The fourth-order valence-corrected chi connectivity index (χ4v) is 6.47. The van der Waals surface area contributed by atoms with Gasteiger partial charge in [0.15, 0.2) is 23.2 Å². The molecule has 2 aliphatic rings. The van der Waals surface area contributed by atoms with Crippen LogP contribution in [0.1, 0.15) is 32.3 Å². The van der Waals surface area contributed by atoms with Gasteiger partial charge in [-0.25, -0.2) is 9.36 Å². The summed E-state index contributed by atoms with van der Waals surface area (Å²) in [5, 5.41) is 73.4. The molecule has 0 saturated carbocycles. The number of rotatable bonds is 19. The average Bonchev–Trinajstić information content (AvgIpc) is 3.35. The molecule has 1 saturated heterocycles. The van der Waals surface area contributed by atoms with Gasteiger partial charge in [-0.1, -0.05) is 12.1 Å². The highest BCUT2D eigenvalue weighted by Gasteiger charge is 2.45. The predicted octanol–water partition coefficient (Wildman–Crippen LogP) is -3.60. The summed E-state index contributed by atoms with van der Waals surface area (Å²) >= 11 is 0. The monoisotopic (exact) mass is 774 g/mol. The van der Waals surface area contributed by atoms with Crippen molar-refractivity contribution in [1.29, 1.82) is 0 Å². The zero-order chi connectivity index (χ0) is 39.2. The maximum atomic E-state index is 12.3. The first-order chi connectivity index (χ1) is 24.8. The minimum atomic E-state index is -5.11. The number of anilines is 2. The number of aromatic nitrogens is 2. The molecule has 23 heteroatoms. The molecule has 0 amide bonds. The molecule has 1 unspecified atom stereocenters. The van der Waals surface area contributed by atoms with Crippen LogP contribution in [0.2, 0.25) is 0 Å². The third-order valence-corrected chi connectivity index (χ3v) is 9.39. The van der Waals surface area contributed by atoms with E-state index in [2.05, 4.69) is 34.3 Å². The average molecular weight is 775 g/mol. The summed E-state index contributed by atoms with van der Waals surface area (Å²) in [4.78, 5) is 59.6. The van der Waals surface area contributed by atoms with Crippen molar-refractivity contribution >= 4 is 31.4 Å². The van der Waals surface area contributed by atoms with Crippen molar-refractivity contribution < 1.29 is 73.3 Å². The van der Waals surface area contributed by atoms with Crippen LogP contribution < -0.4 is 27.5 Å². The normalized spacial score (nSPS) is 26.5. The number of aliphatic hydroxyl groups excluding tert-OH is 5. The SMILES string of the molecule is C[C@@H]1N=c2nc(N)[nH]c(=O)c2=N[C@H]1[C@@H](C)Nc1ccc(C[C@H](O)[C@@H](O)[C@H](O)CO[C@H]2O[C@H](COP(=O)(O)O[C@H](CCC(=O)O)C(=O)O)[C@@H](O)[C@H]2O)cc1. The third-order valence-electron chi connectivity index (χ3n) is 8.40. The van der Waals surface area contributed by atoms with Crippen LogP contribution in [-0.2, 0) is 39.1 Å². The molecule has 294 valence electrons. The highest BCUT2D eigenvalue weighted by atomic mass is 31.2. The van der Waals surface area contributed by atoms with Gasteiger partial charge in [-0.05, 0) is 38.0 Å². The van der Waals surface area contributed by atoms with E-state index in [1.165, 1.54) is 0 Å². The number of aliphatic carboxylic acids is 2. The number of nitrogen functional groups attached to an aromatic ring is 1. The van der Waals surface area contributed by atoms with Gasteiger partial charge in [0, 0.05) is 24.6 Å². The number of phosphoric ester groups is 1. The molecule has 0 radical (unpaired) electrons. The van der Waals surface area contributed by atoms with Gasteiger partial charge in [0.1, 0.15) is 30.5 Å². The zero-order valence-electron chi connectivity index (χ0n) is 28.4. The van der Waals surface area contributed by atoms with Crippen molar-refractivity contribution in [3.05, 3.63) is 51.0 Å². The molecular formula is C30H43N6O16P. The van der Waals surface area contributed by atoms with Crippen LogP contribution in [0.5, 0.6) is 0 Å². The van der Waals surface area contributed by atoms with Gasteiger partial charge in [0.05, 0.1) is 31.4 Å². The first kappa shape index (κ1) is 41.8. The molecule has 3 heterocycles. The molecule has 53 heavy (non-hydrogen) atoms. The Labute approximate surface area is 300 Å². The maximum Gasteiger partial charge on any atom is 0.473 e. The number of nitrogens with two attached hydrogens (primary N) is 1. The van der Waals surface area contributed by atoms with Crippen molar-refractivity contribution in [1.82, 2.24) is 9.97 Å². The van der Waals surface area contributed by atoms with Crippen LogP contribution in [0.25, 0.3) is 0 Å². The summed E-state index contributed by atoms with van der Waals surface area (Å²) in [6.45, 7) is 2.13. The zero-order valence-corrected chi connectivity index (χ0v) is 29.3. The van der Waals surface area contributed by atoms with Gasteiger partial charge in [-0.2, -0.15) is 4.98 Å². The van der Waals surface area contributed by atoms with Crippen molar-refractivity contribution in [3.8, 4) is 0 Å². The Balaban J connectivity index is 1.23. The summed E-state index contributed by atoms with van der Waals surface area (Å²) in [6, 6.07) is 5.86. The molecule has 1 aromatic carbocycles. The number of carboxylic acids is 2. The molecule has 12 atom stereocenters. The summed E-state index contributed by atoms with van der Waals surface area (Å²) in [6.07, 6.45) is -14.9. The van der Waals surface area contributed by atoms with E-state index in [1.54, 1.807) is 24.3 Å². The van der Waals surface area contributed by atoms with Crippen molar-refractivity contribution in [2.75, 3.05) is 24.3 Å². The summed E-state index contributed by atoms with van der Waals surface area (Å²) < 4.78 is 32.0. The number of phosphoric acid groups is 1. The second-order valence-electron chi connectivity index (χ2n) is 12.6. The second kappa shape index (κ2) is 17.9. The molecule has 0 bridgehead atoms. The molecule has 1 aromatic heterocycles. The number of H-pyrrole nitrogens is 1. The number of carboxylic acid groups (broad SMARTS) is 2. The number of aromatic amines is 1. The Kier molecular flexibility index (Phi) is 14.1. The highest BCUT2D eigenvalue weighted by molar-refractivity contribution is 7.47. The summed E-state index contributed by atoms with van der Waals surface area (Å²) in [7, 11) is -5.11. The lowest BCUT2D eigenvalue weighted by Gasteiger charge is -2.27. The predicted molar refractivity (Wildman–Crippen MR) is 178 cm³/mol. The number of hydrogen-bond donors (Lipinski definition) is 11. The Morgan fingerprint density at radius 3 is 2.42 bits per heavy atom. The van der Waals surface area contributed by atoms with Crippen molar-refractivity contribution in [2.45, 2.75) is 100 Å². The molecule has 2 aromatic rings. The number of fused-ring (bicyclic) bond motifs is 1. The van der Waals surface area contributed by atoms with E-state index in [1.807, 2.05) is 13.8 Å². The Hall–Kier alpha value is -3.93. The molecule has 0 spiro atoms. The largest absolute Gasteiger partial charge is 0.481 e. The van der Waals surface area contributed by atoms with E-state index < -0.39 is 106 Å². The molecule has 22 nitrogen and oxygen atoms in total. The Morgan fingerprint density at radius 2 is 1.77 bits per heavy atom. The second-order valence-corrected chi connectivity index (χ2v) is 14.0. The highest BCUT2D eigenvalue weighted by Crippen LogP contribution is 2.46. The van der Waals surface area contributed by atoms with E-state index >= 15 is 0 Å². The van der Waals surface area contributed by atoms with Gasteiger partial charge < -0.3 is 61.2 Å². The van der Waals surface area contributed by atoms with E-state index in [0.717, 1.165) is 0 Å². The van der Waals surface area contributed by atoms with E-state index in [9.17, 15) is 49.4 Å². The van der Waals surface area contributed by atoms with Crippen LogP contribution in [0, 0.1) is 0 Å². The quantitative estimate of drug-likeness (QED) is 0.0614. The first-order valence-electron chi connectivity index (χ1n) is 16.3. The Morgan fingerprint density at radius 1 is 1.09 bits per heavy atom. The number of benzene rings is 1. The van der Waals surface area contributed by atoms with E-state index in [-0.39, 0.29) is 35.3 Å². The molecule has 1 fully saturated rings. The van der Waals surface area contributed by atoms with Gasteiger partial charge in [0.2, 0.25) is 5.95 Å². The maximum absolute atomic E-state index is 12.3. The summed E-state index contributed by atoms with van der Waals surface area (Å²) in [5.41, 5.74) is 6.59. The van der Waals surface area contributed by atoms with Crippen LogP contribution in [0.3, 0.4) is 0 Å². The molecule has 12 N–H and O–H groups in total. The number of ether oxygens (including phenoxy) is 2. The van der Waals surface area contributed by atoms with Crippen LogP contribution >= 0.6 is 7.82 Å². The lowest BCUT2D eigenvalue weighted by molar-refractivity contribution is -0.192. The molecule has 2 aliphatic heterocycles. The molecule has 4 rings (SSSR count). The van der Waals surface area contributed by atoms with Gasteiger partial charge in [-0.3, -0.25) is 33.6 Å². The summed E-state index contributed by atoms with van der Waals surface area (Å²) in [5.74, 6) is -3.14. The smallest absolute Gasteiger partial charge is 0.473 e. The van der Waals surface area contributed by atoms with Crippen LogP contribution in [0.4, 0.5) is 11.6 Å². The molecular weight excluding hydrogens is 731 g/mol. The van der Waals surface area contributed by atoms with Crippen molar-refractivity contribution in [3.63, 3.8) is 0 Å². The third kappa shape index (κ3) is 11.3. The van der Waals surface area contributed by atoms with Crippen LogP contribution in [-0.4, -0.2) is 143 Å². The van der Waals surface area contributed by atoms with E-state index in [0.29, 0.717) is 11.3 Å². The number of aliphatic hydroxyl groups is 5. The first-order valence-corrected chi connectivity index (χ1v) is 17.8. The van der Waals surface area contributed by atoms with Gasteiger partial charge >= 0.3 is 19.8 Å². The minimum absolute atomic E-state index is 0.0517. The fraction of sp³-hybridized carbons (Fsp3) is 0.600. The number of nitrogens with zero attached hydrogens (tertiary/aromatic N) is 3. The van der Waals surface area contributed by atoms with E-state index in [4.69, 9.17) is 25.4 Å².